The number of nitrogens with one attached hydrogen (secondary N) is 1. The Morgan fingerprint density at radius 3 is 3.12 bits per heavy atom. The molecular weight excluding hydrogens is 204 g/mol. The molecule has 2 aromatic heterocycles. The van der Waals surface area contributed by atoms with Gasteiger partial charge in [-0.2, -0.15) is 0 Å². The molecule has 1 amide bonds. The number of fused-ring (bicyclic) bond motifs is 1. The molecule has 16 heavy (non-hydrogen) atoms. The molecule has 84 valence electrons. The second-order valence-electron chi connectivity index (χ2n) is 3.50. The fourth-order valence-electron chi connectivity index (χ4n) is 1.50. The van der Waals surface area contributed by atoms with Gasteiger partial charge in [0, 0.05) is 25.6 Å². The summed E-state index contributed by atoms with van der Waals surface area (Å²) < 4.78 is 1.93. The molecule has 0 aliphatic rings. The molecule has 2 rings (SSSR count). The van der Waals surface area contributed by atoms with Crippen LogP contribution < -0.4 is 5.32 Å². The molecule has 5 nitrogen and oxygen atoms in total. The molecular formula is C11H14N4O. The van der Waals surface area contributed by atoms with Gasteiger partial charge in [0.15, 0.2) is 5.65 Å². The van der Waals surface area contributed by atoms with E-state index in [9.17, 15) is 4.79 Å². The van der Waals surface area contributed by atoms with E-state index in [4.69, 9.17) is 0 Å². The smallest absolute Gasteiger partial charge is 0.219 e. The van der Waals surface area contributed by atoms with Gasteiger partial charge < -0.3 is 5.32 Å². The fourth-order valence-corrected chi connectivity index (χ4v) is 1.50. The molecule has 0 aromatic carbocycles. The summed E-state index contributed by atoms with van der Waals surface area (Å²) in [5.41, 5.74) is 0.833. The number of carbonyl (C=O) groups is 1. The van der Waals surface area contributed by atoms with Crippen molar-refractivity contribution in [2.75, 3.05) is 6.54 Å². The van der Waals surface area contributed by atoms with Gasteiger partial charge in [0.05, 0.1) is 0 Å². The van der Waals surface area contributed by atoms with E-state index >= 15 is 0 Å². The van der Waals surface area contributed by atoms with E-state index in [0.29, 0.717) is 19.4 Å². The quantitative estimate of drug-likeness (QED) is 0.825. The van der Waals surface area contributed by atoms with E-state index < -0.39 is 0 Å². The minimum Gasteiger partial charge on any atom is -0.356 e. The molecule has 0 aliphatic heterocycles. The van der Waals surface area contributed by atoms with Crippen LogP contribution in [0.5, 0.6) is 0 Å². The van der Waals surface area contributed by atoms with Crippen molar-refractivity contribution >= 4 is 11.6 Å². The summed E-state index contributed by atoms with van der Waals surface area (Å²) in [4.78, 5) is 11.0. The van der Waals surface area contributed by atoms with Crippen molar-refractivity contribution in [1.29, 1.82) is 0 Å². The molecule has 0 atom stereocenters. The molecule has 5 heteroatoms. The SMILES string of the molecule is CCC(=O)NCCc1nnc2ccccn12. The summed E-state index contributed by atoms with van der Waals surface area (Å²) in [6.45, 7) is 2.43. The maximum absolute atomic E-state index is 11.0. The highest BCUT2D eigenvalue weighted by Crippen LogP contribution is 2.02. The molecule has 1 N–H and O–H groups in total. The van der Waals surface area contributed by atoms with Crippen molar-refractivity contribution in [3.05, 3.63) is 30.2 Å². The number of hydrogen-bond donors (Lipinski definition) is 1. The second kappa shape index (κ2) is 4.74. The number of nitrogens with zero attached hydrogens (tertiary/aromatic N) is 3. The van der Waals surface area contributed by atoms with Crippen LogP contribution in [0, 0.1) is 0 Å². The normalized spacial score (nSPS) is 10.6. The van der Waals surface area contributed by atoms with E-state index in [1.807, 2.05) is 35.7 Å². The lowest BCUT2D eigenvalue weighted by Crippen LogP contribution is -2.25. The van der Waals surface area contributed by atoms with Crippen LogP contribution in [0.3, 0.4) is 0 Å². The molecule has 0 radical (unpaired) electrons. The molecule has 0 saturated carbocycles. The van der Waals surface area contributed by atoms with Crippen molar-refractivity contribution in [2.24, 2.45) is 0 Å². The lowest BCUT2D eigenvalue weighted by atomic mass is 10.3. The van der Waals surface area contributed by atoms with E-state index in [0.717, 1.165) is 11.5 Å². The van der Waals surface area contributed by atoms with Crippen molar-refractivity contribution in [3.63, 3.8) is 0 Å². The predicted octanol–water partition coefficient (Wildman–Crippen LogP) is 0.798. The third-order valence-electron chi connectivity index (χ3n) is 2.38. The number of amides is 1. The van der Waals surface area contributed by atoms with Gasteiger partial charge in [0.25, 0.3) is 0 Å². The Kier molecular flexibility index (Phi) is 3.14. The van der Waals surface area contributed by atoms with Crippen LogP contribution >= 0.6 is 0 Å². The Morgan fingerprint density at radius 2 is 2.31 bits per heavy atom. The van der Waals surface area contributed by atoms with Gasteiger partial charge >= 0.3 is 0 Å². The Labute approximate surface area is 93.5 Å². The Bertz CT molecular complexity index is 491. The van der Waals surface area contributed by atoms with Gasteiger partial charge in [-0.1, -0.05) is 13.0 Å². The topological polar surface area (TPSA) is 59.3 Å². The first-order chi connectivity index (χ1) is 7.81. The van der Waals surface area contributed by atoms with E-state index in [1.54, 1.807) is 0 Å². The van der Waals surface area contributed by atoms with E-state index in [-0.39, 0.29) is 5.91 Å². The number of pyridine rings is 1. The van der Waals surface area contributed by atoms with E-state index in [1.165, 1.54) is 0 Å². The standard InChI is InChI=1S/C11H14N4O/c1-2-11(16)12-7-6-10-14-13-9-5-3-4-8-15(9)10/h3-5,8H,2,6-7H2,1H3,(H,12,16). The molecule has 0 aliphatic carbocycles. The zero-order valence-electron chi connectivity index (χ0n) is 9.18. The van der Waals surface area contributed by atoms with Crippen molar-refractivity contribution in [2.45, 2.75) is 19.8 Å². The van der Waals surface area contributed by atoms with Gasteiger partial charge in [0.1, 0.15) is 5.82 Å². The lowest BCUT2D eigenvalue weighted by molar-refractivity contribution is -0.120. The monoisotopic (exact) mass is 218 g/mol. The van der Waals surface area contributed by atoms with Crippen LogP contribution in [0.15, 0.2) is 24.4 Å². The summed E-state index contributed by atoms with van der Waals surface area (Å²) in [5.74, 6) is 0.931. The van der Waals surface area contributed by atoms with Crippen LogP contribution in [0.25, 0.3) is 5.65 Å². The van der Waals surface area contributed by atoms with Gasteiger partial charge in [-0.3, -0.25) is 9.20 Å². The number of aromatic nitrogens is 3. The summed E-state index contributed by atoms with van der Waals surface area (Å²) in [6, 6.07) is 5.76. The maximum Gasteiger partial charge on any atom is 0.219 e. The van der Waals surface area contributed by atoms with E-state index in [2.05, 4.69) is 15.5 Å². The summed E-state index contributed by atoms with van der Waals surface area (Å²) in [7, 11) is 0. The average molecular weight is 218 g/mol. The largest absolute Gasteiger partial charge is 0.356 e. The zero-order chi connectivity index (χ0) is 11.4. The van der Waals surface area contributed by atoms with Crippen molar-refractivity contribution < 1.29 is 4.79 Å². The van der Waals surface area contributed by atoms with Crippen LogP contribution in [-0.2, 0) is 11.2 Å². The highest BCUT2D eigenvalue weighted by atomic mass is 16.1. The highest BCUT2D eigenvalue weighted by molar-refractivity contribution is 5.75. The number of carbonyl (C=O) groups excluding carboxylic acids is 1. The average Bonchev–Trinajstić information content (AvgIpc) is 2.73. The van der Waals surface area contributed by atoms with Crippen LogP contribution in [0.1, 0.15) is 19.2 Å². The van der Waals surface area contributed by atoms with Gasteiger partial charge in [-0.25, -0.2) is 0 Å². The Balaban J connectivity index is 2.02. The second-order valence-corrected chi connectivity index (χ2v) is 3.50. The number of hydrogen-bond acceptors (Lipinski definition) is 3. The summed E-state index contributed by atoms with van der Waals surface area (Å²) >= 11 is 0. The molecule has 0 fully saturated rings. The molecule has 2 aromatic rings. The third-order valence-corrected chi connectivity index (χ3v) is 2.38. The Hall–Kier alpha value is -1.91. The minimum atomic E-state index is 0.0637. The van der Waals surface area contributed by atoms with Gasteiger partial charge in [-0.05, 0) is 12.1 Å². The first-order valence-electron chi connectivity index (χ1n) is 5.36. The third kappa shape index (κ3) is 2.18. The summed E-state index contributed by atoms with van der Waals surface area (Å²) in [5, 5.41) is 10.9. The first-order valence-corrected chi connectivity index (χ1v) is 5.36. The molecule has 0 spiro atoms. The van der Waals surface area contributed by atoms with Crippen LogP contribution in [0.4, 0.5) is 0 Å². The Morgan fingerprint density at radius 1 is 1.44 bits per heavy atom. The maximum atomic E-state index is 11.0. The molecule has 2 heterocycles. The minimum absolute atomic E-state index is 0.0637. The predicted molar refractivity (Wildman–Crippen MR) is 60.0 cm³/mol. The summed E-state index contributed by atoms with van der Waals surface area (Å²) in [6.07, 6.45) is 3.13. The van der Waals surface area contributed by atoms with Crippen molar-refractivity contribution in [3.8, 4) is 0 Å². The first kappa shape index (κ1) is 10.6. The van der Waals surface area contributed by atoms with Crippen LogP contribution in [0.2, 0.25) is 0 Å². The molecule has 0 unspecified atom stereocenters. The van der Waals surface area contributed by atoms with Gasteiger partial charge in [0.2, 0.25) is 5.91 Å². The fraction of sp³-hybridized carbons (Fsp3) is 0.364. The van der Waals surface area contributed by atoms with Crippen molar-refractivity contribution in [1.82, 2.24) is 19.9 Å². The molecule has 0 saturated heterocycles. The highest BCUT2D eigenvalue weighted by Gasteiger charge is 2.04. The lowest BCUT2D eigenvalue weighted by Gasteiger charge is -2.02. The van der Waals surface area contributed by atoms with Crippen LogP contribution in [-0.4, -0.2) is 27.0 Å². The zero-order valence-corrected chi connectivity index (χ0v) is 9.18. The number of rotatable bonds is 4. The molecule has 0 bridgehead atoms. The van der Waals surface area contributed by atoms with Gasteiger partial charge in [-0.15, -0.1) is 10.2 Å².